The molecular weight excluding hydrogens is 304 g/mol. The van der Waals surface area contributed by atoms with Crippen molar-refractivity contribution in [2.75, 3.05) is 0 Å². The number of hydrogen-bond acceptors (Lipinski definition) is 2. The summed E-state index contributed by atoms with van der Waals surface area (Å²) in [5, 5.41) is 4.46. The Kier molecular flexibility index (Phi) is 4.82. The van der Waals surface area contributed by atoms with Gasteiger partial charge in [-0.1, -0.05) is 19.8 Å². The van der Waals surface area contributed by atoms with Crippen molar-refractivity contribution in [2.24, 2.45) is 11.8 Å². The summed E-state index contributed by atoms with van der Waals surface area (Å²) in [6.07, 6.45) is 5.13. The summed E-state index contributed by atoms with van der Waals surface area (Å²) in [5.74, 6) is 1.35. The monoisotopic (exact) mass is 326 g/mol. The van der Waals surface area contributed by atoms with Crippen molar-refractivity contribution in [3.8, 4) is 0 Å². The fraction of sp³-hybridized carbons (Fsp3) is 0.733. The summed E-state index contributed by atoms with van der Waals surface area (Å²) < 4.78 is 2.95. The first-order valence-electron chi connectivity index (χ1n) is 7.27. The van der Waals surface area contributed by atoms with E-state index in [1.165, 1.54) is 12.8 Å². The van der Waals surface area contributed by atoms with Gasteiger partial charge in [0.15, 0.2) is 0 Å². The predicted octanol–water partition coefficient (Wildman–Crippen LogP) is 3.91. The molecule has 0 saturated heterocycles. The highest BCUT2D eigenvalue weighted by Gasteiger charge is 2.26. The molecule has 1 aromatic rings. The molecule has 2 unspecified atom stereocenters. The zero-order chi connectivity index (χ0) is 14.0. The molecule has 4 heteroatoms. The van der Waals surface area contributed by atoms with Crippen LogP contribution in [0.2, 0.25) is 0 Å². The lowest BCUT2D eigenvalue weighted by Gasteiger charge is -2.25. The minimum Gasteiger partial charge on any atom is -0.299 e. The number of carbonyl (C=O) groups is 1. The number of carbonyl (C=O) groups excluding carboxylic acids is 1. The fourth-order valence-electron chi connectivity index (χ4n) is 3.07. The maximum atomic E-state index is 12.5. The zero-order valence-corrected chi connectivity index (χ0v) is 13.7. The molecule has 1 saturated carbocycles. The number of hydrogen-bond donors (Lipinski definition) is 0. The van der Waals surface area contributed by atoms with E-state index in [9.17, 15) is 4.79 Å². The van der Waals surface area contributed by atoms with Crippen LogP contribution < -0.4 is 0 Å². The third-order valence-corrected chi connectivity index (χ3v) is 5.22. The molecule has 1 aliphatic carbocycles. The van der Waals surface area contributed by atoms with Crippen LogP contribution in [0.25, 0.3) is 0 Å². The van der Waals surface area contributed by atoms with E-state index >= 15 is 0 Å². The molecule has 0 N–H and O–H groups in total. The van der Waals surface area contributed by atoms with Crippen LogP contribution in [0, 0.1) is 18.8 Å². The number of nitrogens with zero attached hydrogens (tertiary/aromatic N) is 2. The summed E-state index contributed by atoms with van der Waals surface area (Å²) in [4.78, 5) is 12.5. The predicted molar refractivity (Wildman–Crippen MR) is 80.2 cm³/mol. The summed E-state index contributed by atoms with van der Waals surface area (Å²) in [6, 6.07) is 0. The van der Waals surface area contributed by atoms with Crippen LogP contribution in [0.15, 0.2) is 4.47 Å². The van der Waals surface area contributed by atoms with Gasteiger partial charge in [-0.15, -0.1) is 0 Å². The summed E-state index contributed by atoms with van der Waals surface area (Å²) in [5.41, 5.74) is 2.02. The van der Waals surface area contributed by atoms with Gasteiger partial charge in [-0.2, -0.15) is 5.10 Å². The Balaban J connectivity index is 2.10. The fourth-order valence-corrected chi connectivity index (χ4v) is 3.50. The molecular formula is C15H23BrN2O. The molecule has 0 aromatic carbocycles. The van der Waals surface area contributed by atoms with Gasteiger partial charge >= 0.3 is 0 Å². The van der Waals surface area contributed by atoms with E-state index in [-0.39, 0.29) is 5.92 Å². The maximum Gasteiger partial charge on any atom is 0.141 e. The lowest BCUT2D eigenvalue weighted by Crippen LogP contribution is -2.24. The first kappa shape index (κ1) is 14.8. The highest BCUT2D eigenvalue weighted by Crippen LogP contribution is 2.31. The smallest absolute Gasteiger partial charge is 0.141 e. The topological polar surface area (TPSA) is 34.9 Å². The van der Waals surface area contributed by atoms with Crippen LogP contribution in [0.3, 0.4) is 0 Å². The molecule has 2 rings (SSSR count). The van der Waals surface area contributed by atoms with E-state index in [0.717, 1.165) is 35.2 Å². The Morgan fingerprint density at radius 3 is 2.84 bits per heavy atom. The van der Waals surface area contributed by atoms with E-state index < -0.39 is 0 Å². The number of aryl methyl sites for hydroxylation is 2. The molecule has 0 spiro atoms. The van der Waals surface area contributed by atoms with Gasteiger partial charge in [-0.3, -0.25) is 9.48 Å². The van der Waals surface area contributed by atoms with Crippen LogP contribution in [-0.4, -0.2) is 15.6 Å². The van der Waals surface area contributed by atoms with Crippen molar-refractivity contribution >= 4 is 21.7 Å². The summed E-state index contributed by atoms with van der Waals surface area (Å²) in [6.45, 7) is 7.12. The molecule has 0 amide bonds. The average Bonchev–Trinajstić information content (AvgIpc) is 2.66. The Hall–Kier alpha value is -0.640. The Labute approximate surface area is 123 Å². The molecule has 2 atom stereocenters. The van der Waals surface area contributed by atoms with Gasteiger partial charge in [-0.05, 0) is 48.5 Å². The van der Waals surface area contributed by atoms with E-state index in [2.05, 4.69) is 34.9 Å². The maximum absolute atomic E-state index is 12.5. The van der Waals surface area contributed by atoms with E-state index in [0.29, 0.717) is 18.1 Å². The zero-order valence-electron chi connectivity index (χ0n) is 12.1. The molecule has 0 aliphatic heterocycles. The van der Waals surface area contributed by atoms with Gasteiger partial charge < -0.3 is 0 Å². The lowest BCUT2D eigenvalue weighted by atomic mass is 9.79. The van der Waals surface area contributed by atoms with Gasteiger partial charge in [0.05, 0.1) is 15.9 Å². The van der Waals surface area contributed by atoms with Crippen molar-refractivity contribution in [1.82, 2.24) is 9.78 Å². The van der Waals surface area contributed by atoms with Gasteiger partial charge in [-0.25, -0.2) is 0 Å². The van der Waals surface area contributed by atoms with Crippen LogP contribution in [0.5, 0.6) is 0 Å². The van der Waals surface area contributed by atoms with Crippen molar-refractivity contribution in [1.29, 1.82) is 0 Å². The largest absolute Gasteiger partial charge is 0.299 e. The van der Waals surface area contributed by atoms with Crippen molar-refractivity contribution in [3.63, 3.8) is 0 Å². The number of rotatable bonds is 4. The van der Waals surface area contributed by atoms with Gasteiger partial charge in [0.1, 0.15) is 5.78 Å². The first-order chi connectivity index (χ1) is 9.02. The molecule has 3 nitrogen and oxygen atoms in total. The van der Waals surface area contributed by atoms with Crippen LogP contribution in [0.4, 0.5) is 0 Å². The Bertz CT molecular complexity index is 467. The molecule has 1 heterocycles. The van der Waals surface area contributed by atoms with Crippen molar-refractivity contribution in [2.45, 2.75) is 59.4 Å². The number of ketones is 1. The summed E-state index contributed by atoms with van der Waals surface area (Å²) >= 11 is 3.57. The second-order valence-electron chi connectivity index (χ2n) is 5.77. The molecule has 106 valence electrons. The highest BCUT2D eigenvalue weighted by atomic mass is 79.9. The van der Waals surface area contributed by atoms with Gasteiger partial charge in [0.25, 0.3) is 0 Å². The Morgan fingerprint density at radius 2 is 2.21 bits per heavy atom. The van der Waals surface area contributed by atoms with Crippen LogP contribution in [-0.2, 0) is 17.8 Å². The van der Waals surface area contributed by atoms with E-state index in [4.69, 9.17) is 0 Å². The third kappa shape index (κ3) is 3.28. The third-order valence-electron chi connectivity index (χ3n) is 4.19. The standard InChI is InChI=1S/C15H23BrN2O/c1-4-18-13(15(16)11(3)17-18)9-14(19)12-7-5-6-10(2)8-12/h10,12H,4-9H2,1-3H3. The second-order valence-corrected chi connectivity index (χ2v) is 6.57. The number of aromatic nitrogens is 2. The Morgan fingerprint density at radius 1 is 1.47 bits per heavy atom. The second kappa shape index (κ2) is 6.21. The van der Waals surface area contributed by atoms with Crippen LogP contribution in [0.1, 0.15) is 50.9 Å². The molecule has 1 aliphatic rings. The van der Waals surface area contributed by atoms with Gasteiger partial charge in [0, 0.05) is 18.9 Å². The minimum atomic E-state index is 0.260. The average molecular weight is 327 g/mol. The van der Waals surface area contributed by atoms with E-state index in [1.807, 2.05) is 11.6 Å². The first-order valence-corrected chi connectivity index (χ1v) is 8.06. The quantitative estimate of drug-likeness (QED) is 0.840. The SMILES string of the molecule is CCn1nc(C)c(Br)c1CC(=O)C1CCCC(C)C1. The molecule has 0 radical (unpaired) electrons. The summed E-state index contributed by atoms with van der Waals surface area (Å²) in [7, 11) is 0. The molecule has 0 bridgehead atoms. The minimum absolute atomic E-state index is 0.260. The number of Topliss-reactive ketones (excluding diaryl/α,β-unsaturated/α-hetero) is 1. The highest BCUT2D eigenvalue weighted by molar-refractivity contribution is 9.10. The normalized spacial score (nSPS) is 23.6. The lowest BCUT2D eigenvalue weighted by molar-refractivity contribution is -0.123. The van der Waals surface area contributed by atoms with E-state index in [1.54, 1.807) is 0 Å². The van der Waals surface area contributed by atoms with Crippen LogP contribution >= 0.6 is 15.9 Å². The van der Waals surface area contributed by atoms with Crippen molar-refractivity contribution in [3.05, 3.63) is 15.9 Å². The van der Waals surface area contributed by atoms with Crippen molar-refractivity contribution < 1.29 is 4.79 Å². The molecule has 19 heavy (non-hydrogen) atoms. The van der Waals surface area contributed by atoms with Gasteiger partial charge in [0.2, 0.25) is 0 Å². The number of halogens is 1. The molecule has 1 aromatic heterocycles. The molecule has 1 fully saturated rings.